The largest absolute Gasteiger partial charge is 0.481 e. The molecular formula is C48H66N8O10. The number of carbonyl (C=O) groups excluding carboxylic acids is 6. The van der Waals surface area contributed by atoms with E-state index in [1.807, 2.05) is 52.0 Å². The number of carboxylic acid groups (broad SMARTS) is 2. The van der Waals surface area contributed by atoms with Crippen molar-refractivity contribution in [3.63, 3.8) is 0 Å². The Kier molecular flexibility index (Phi) is 19.0. The highest BCUT2D eigenvalue weighted by Gasteiger charge is 2.61. The van der Waals surface area contributed by atoms with Gasteiger partial charge in [-0.1, -0.05) is 92.1 Å². The third-order valence-electron chi connectivity index (χ3n) is 12.4. The average molecular weight is 915 g/mol. The molecule has 0 radical (unpaired) electrons. The first-order chi connectivity index (χ1) is 31.3. The number of primary amides is 1. The van der Waals surface area contributed by atoms with Crippen molar-refractivity contribution in [1.29, 1.82) is 0 Å². The predicted octanol–water partition coefficient (Wildman–Crippen LogP) is 2.76. The van der Waals surface area contributed by atoms with E-state index in [0.717, 1.165) is 29.7 Å². The lowest BCUT2D eigenvalue weighted by molar-refractivity contribution is -0.145. The van der Waals surface area contributed by atoms with Crippen molar-refractivity contribution in [3.05, 3.63) is 89.0 Å². The second-order valence-electron chi connectivity index (χ2n) is 17.6. The molecule has 66 heavy (non-hydrogen) atoms. The molecule has 11 N–H and O–H groups in total. The Morgan fingerprint density at radius 3 is 2.11 bits per heavy atom. The first-order valence-electron chi connectivity index (χ1n) is 22.5. The molecule has 1 fully saturated rings. The van der Waals surface area contributed by atoms with Gasteiger partial charge in [0.05, 0.1) is 6.54 Å². The molecule has 4 rings (SSSR count). The van der Waals surface area contributed by atoms with Crippen molar-refractivity contribution in [2.75, 3.05) is 11.9 Å². The molecule has 2 aromatic rings. The van der Waals surface area contributed by atoms with Crippen LogP contribution in [0, 0.1) is 5.92 Å². The van der Waals surface area contributed by atoms with E-state index in [-0.39, 0.29) is 38.1 Å². The summed E-state index contributed by atoms with van der Waals surface area (Å²) in [6, 6.07) is 9.60. The highest BCUT2D eigenvalue weighted by molar-refractivity contribution is 5.98. The SMILES string of the molecule is CC[C@H](C)[C@H](NC(=O)CN)C(=O)N[C@@H](Cc1ccccc1)C(=O)N1[C@H]2Nc3ccccc3[C@@]2(C/C=C(\C)CCC=C(C)C)C[C@H]1C(=O)N[C@@H](CCC(=O)O)C(=O)N[C@@H](CCC(N)=O)C(=O)O. The number of anilines is 1. The summed E-state index contributed by atoms with van der Waals surface area (Å²) in [4.78, 5) is 108. The monoisotopic (exact) mass is 914 g/mol. The maximum Gasteiger partial charge on any atom is 0.326 e. The molecule has 0 bridgehead atoms. The standard InChI is InChI=1S/C48H66N8O10/c1-6-30(5)41(55-39(58)27-49)44(63)53-36(25-31-15-8-7-9-16-31)45(64)56-37(43(62)51-34(20-22-40(59)60)42(61)52-35(46(65)66)19-21-38(50)57)26-48(24-23-29(4)14-12-13-28(2)3)32-17-10-11-18-33(32)54-47(48)56/h7-11,13,15-18,23,30,34-37,41,47,54H,6,12,14,19-22,24-27,49H2,1-5H3,(H2,50,57)(H,51,62)(H,52,61)(H,53,63)(H,55,58)(H,59,60)(H,65,66)/b29-23+/t30-,34-,35-,36-,37-,41-,47+,48+/m0/s1. The zero-order valence-corrected chi connectivity index (χ0v) is 38.4. The van der Waals surface area contributed by atoms with Crippen LogP contribution in [0.5, 0.6) is 0 Å². The van der Waals surface area contributed by atoms with Gasteiger partial charge in [0.25, 0.3) is 0 Å². The molecule has 2 aromatic carbocycles. The van der Waals surface area contributed by atoms with Gasteiger partial charge in [-0.15, -0.1) is 0 Å². The molecule has 0 aliphatic carbocycles. The average Bonchev–Trinajstić information content (AvgIpc) is 3.77. The van der Waals surface area contributed by atoms with Gasteiger partial charge in [0.15, 0.2) is 0 Å². The summed E-state index contributed by atoms with van der Waals surface area (Å²) >= 11 is 0. The number of nitrogens with one attached hydrogen (secondary N) is 5. The second kappa shape index (κ2) is 24.1. The Bertz CT molecular complexity index is 2160. The number of aliphatic carboxylic acids is 2. The number of carboxylic acids is 2. The van der Waals surface area contributed by atoms with Gasteiger partial charge in [-0.3, -0.25) is 33.6 Å². The van der Waals surface area contributed by atoms with Gasteiger partial charge in [-0.05, 0) is 82.4 Å². The van der Waals surface area contributed by atoms with Crippen molar-refractivity contribution in [3.8, 4) is 0 Å². The Labute approximate surface area is 385 Å². The van der Waals surface area contributed by atoms with Crippen LogP contribution in [0.4, 0.5) is 5.69 Å². The zero-order valence-electron chi connectivity index (χ0n) is 38.4. The number of carbonyl (C=O) groups is 8. The fourth-order valence-electron chi connectivity index (χ4n) is 8.55. The fourth-order valence-corrected chi connectivity index (χ4v) is 8.55. The second-order valence-corrected chi connectivity index (χ2v) is 17.6. The molecule has 0 spiro atoms. The summed E-state index contributed by atoms with van der Waals surface area (Å²) in [5, 5.41) is 33.5. The van der Waals surface area contributed by atoms with Crippen molar-refractivity contribution >= 4 is 53.1 Å². The van der Waals surface area contributed by atoms with Crippen LogP contribution >= 0.6 is 0 Å². The predicted molar refractivity (Wildman–Crippen MR) is 247 cm³/mol. The first-order valence-corrected chi connectivity index (χ1v) is 22.5. The molecule has 8 atom stereocenters. The minimum Gasteiger partial charge on any atom is -0.481 e. The van der Waals surface area contributed by atoms with E-state index in [9.17, 15) is 43.8 Å². The summed E-state index contributed by atoms with van der Waals surface area (Å²) in [6.07, 6.45) is 4.02. The quantitative estimate of drug-likeness (QED) is 0.0651. The number of hydrogen-bond acceptors (Lipinski definition) is 10. The Balaban J connectivity index is 1.86. The van der Waals surface area contributed by atoms with Gasteiger partial charge in [0.2, 0.25) is 35.4 Å². The minimum atomic E-state index is -1.59. The van der Waals surface area contributed by atoms with Crippen LogP contribution in [0.25, 0.3) is 0 Å². The van der Waals surface area contributed by atoms with Crippen molar-refractivity contribution < 1.29 is 48.6 Å². The van der Waals surface area contributed by atoms with Crippen molar-refractivity contribution in [1.82, 2.24) is 26.2 Å². The van der Waals surface area contributed by atoms with E-state index in [2.05, 4.69) is 38.7 Å². The third kappa shape index (κ3) is 13.7. The molecule has 18 nitrogen and oxygen atoms in total. The number of nitrogens with two attached hydrogens (primary N) is 2. The van der Waals surface area contributed by atoms with Gasteiger partial charge in [-0.25, -0.2) is 4.79 Å². The van der Waals surface area contributed by atoms with Gasteiger partial charge in [0.1, 0.15) is 36.4 Å². The number of hydrogen-bond donors (Lipinski definition) is 9. The van der Waals surface area contributed by atoms with Crippen molar-refractivity contribution in [2.45, 2.75) is 141 Å². The fraction of sp³-hybridized carbons (Fsp3) is 0.500. The van der Waals surface area contributed by atoms with E-state index in [1.54, 1.807) is 37.3 Å². The lowest BCUT2D eigenvalue weighted by Crippen LogP contribution is -2.62. The van der Waals surface area contributed by atoms with E-state index < -0.39 is 102 Å². The number of likely N-dealkylation sites (tertiary alicyclic amines) is 1. The lowest BCUT2D eigenvalue weighted by atomic mass is 9.74. The minimum absolute atomic E-state index is 0.0180. The Morgan fingerprint density at radius 2 is 1.48 bits per heavy atom. The topological polar surface area (TPSA) is 292 Å². The zero-order chi connectivity index (χ0) is 48.7. The molecule has 0 saturated carbocycles. The maximum absolute atomic E-state index is 15.6. The molecule has 2 aliphatic rings. The van der Waals surface area contributed by atoms with Crippen LogP contribution in [0.1, 0.15) is 104 Å². The highest BCUT2D eigenvalue weighted by atomic mass is 16.4. The molecular weight excluding hydrogens is 849 g/mol. The van der Waals surface area contributed by atoms with E-state index in [1.165, 1.54) is 10.5 Å². The number of rotatable bonds is 25. The molecule has 358 valence electrons. The lowest BCUT2D eigenvalue weighted by Gasteiger charge is -2.36. The number of para-hydroxylation sites is 1. The summed E-state index contributed by atoms with van der Waals surface area (Å²) in [5.74, 6) is -7.64. The molecule has 0 unspecified atom stereocenters. The van der Waals surface area contributed by atoms with Gasteiger partial charge < -0.3 is 53.2 Å². The number of amides is 6. The first kappa shape index (κ1) is 52.1. The van der Waals surface area contributed by atoms with Gasteiger partial charge in [0, 0.05) is 30.4 Å². The number of nitrogens with zero attached hydrogens (tertiary/aromatic N) is 1. The smallest absolute Gasteiger partial charge is 0.326 e. The van der Waals surface area contributed by atoms with Crippen LogP contribution in [-0.2, 0) is 50.2 Å². The number of benzene rings is 2. The van der Waals surface area contributed by atoms with Gasteiger partial charge in [-0.2, -0.15) is 0 Å². The third-order valence-corrected chi connectivity index (χ3v) is 12.4. The summed E-state index contributed by atoms with van der Waals surface area (Å²) in [6.45, 7) is 9.34. The molecule has 1 saturated heterocycles. The summed E-state index contributed by atoms with van der Waals surface area (Å²) in [5.41, 5.74) is 14.4. The van der Waals surface area contributed by atoms with Gasteiger partial charge >= 0.3 is 11.9 Å². The Hall–Kier alpha value is -6.56. The molecule has 6 amide bonds. The molecule has 0 aromatic heterocycles. The molecule has 18 heteroatoms. The van der Waals surface area contributed by atoms with Crippen molar-refractivity contribution in [2.24, 2.45) is 17.4 Å². The highest BCUT2D eigenvalue weighted by Crippen LogP contribution is 2.53. The number of fused-ring (bicyclic) bond motifs is 3. The van der Waals surface area contributed by atoms with Crippen LogP contribution < -0.4 is 38.1 Å². The summed E-state index contributed by atoms with van der Waals surface area (Å²) < 4.78 is 0. The van der Waals surface area contributed by atoms with Crippen LogP contribution in [0.15, 0.2) is 77.9 Å². The van der Waals surface area contributed by atoms with Crippen LogP contribution in [0.3, 0.4) is 0 Å². The van der Waals surface area contributed by atoms with Crippen LogP contribution in [-0.4, -0.2) is 105 Å². The Morgan fingerprint density at radius 1 is 0.833 bits per heavy atom. The summed E-state index contributed by atoms with van der Waals surface area (Å²) in [7, 11) is 0. The van der Waals surface area contributed by atoms with E-state index in [0.29, 0.717) is 18.4 Å². The maximum atomic E-state index is 15.6. The molecule has 2 aliphatic heterocycles. The van der Waals surface area contributed by atoms with E-state index in [4.69, 9.17) is 11.5 Å². The normalized spacial score (nSPS) is 19.6. The number of allylic oxidation sites excluding steroid dienone is 4. The molecule has 2 heterocycles. The van der Waals surface area contributed by atoms with Crippen LogP contribution in [0.2, 0.25) is 0 Å². The van der Waals surface area contributed by atoms with E-state index >= 15 is 4.79 Å².